The molecule has 5 nitrogen and oxygen atoms in total. The van der Waals surface area contributed by atoms with Gasteiger partial charge in [0.2, 0.25) is 5.88 Å². The second kappa shape index (κ2) is 5.85. The highest BCUT2D eigenvalue weighted by Gasteiger charge is 2.23. The molecule has 112 valence electrons. The topological polar surface area (TPSA) is 75.1 Å². The van der Waals surface area contributed by atoms with E-state index in [4.69, 9.17) is 0 Å². The fourth-order valence-electron chi connectivity index (χ4n) is 3.25. The van der Waals surface area contributed by atoms with Crippen molar-refractivity contribution < 1.29 is 5.11 Å². The van der Waals surface area contributed by atoms with E-state index in [1.54, 1.807) is 0 Å². The largest absolute Gasteiger partial charge is 0.494 e. The first-order valence-electron chi connectivity index (χ1n) is 7.46. The first-order valence-corrected chi connectivity index (χ1v) is 7.46. The Morgan fingerprint density at radius 1 is 1.35 bits per heavy atom. The van der Waals surface area contributed by atoms with Gasteiger partial charge in [0.25, 0.3) is 5.56 Å². The van der Waals surface area contributed by atoms with E-state index in [1.165, 1.54) is 17.4 Å². The fraction of sp³-hybridized carbons (Fsp3) is 0.733. The molecule has 0 aromatic carbocycles. The van der Waals surface area contributed by atoms with E-state index in [9.17, 15) is 14.7 Å². The Morgan fingerprint density at radius 2 is 2.05 bits per heavy atom. The van der Waals surface area contributed by atoms with Gasteiger partial charge in [0, 0.05) is 6.54 Å². The van der Waals surface area contributed by atoms with Gasteiger partial charge in [-0.3, -0.25) is 14.3 Å². The summed E-state index contributed by atoms with van der Waals surface area (Å²) in [7, 11) is 0. The number of H-pyrrole nitrogens is 1. The summed E-state index contributed by atoms with van der Waals surface area (Å²) < 4.78 is 1.33. The number of aromatic hydroxyl groups is 1. The molecule has 1 fully saturated rings. The van der Waals surface area contributed by atoms with Crippen LogP contribution in [0, 0.1) is 11.8 Å². The summed E-state index contributed by atoms with van der Waals surface area (Å²) >= 11 is 0. The second-order valence-electron chi connectivity index (χ2n) is 6.40. The third-order valence-electron chi connectivity index (χ3n) is 4.27. The van der Waals surface area contributed by atoms with Crippen molar-refractivity contribution in [1.82, 2.24) is 9.55 Å². The van der Waals surface area contributed by atoms with Crippen LogP contribution in [0.4, 0.5) is 0 Å². The molecule has 2 unspecified atom stereocenters. The lowest BCUT2D eigenvalue weighted by Gasteiger charge is -2.27. The van der Waals surface area contributed by atoms with Crippen LogP contribution in [0.2, 0.25) is 0 Å². The van der Waals surface area contributed by atoms with E-state index in [0.717, 1.165) is 12.8 Å². The monoisotopic (exact) mass is 280 g/mol. The normalized spacial score (nSPS) is 23.2. The van der Waals surface area contributed by atoms with Crippen LogP contribution in [-0.2, 0) is 6.54 Å². The maximum atomic E-state index is 11.9. The molecule has 1 aromatic heterocycles. The minimum absolute atomic E-state index is 0.115. The summed E-state index contributed by atoms with van der Waals surface area (Å²) in [4.78, 5) is 26.0. The molecule has 1 aliphatic carbocycles. The highest BCUT2D eigenvalue weighted by Crippen LogP contribution is 2.30. The molecule has 1 aromatic rings. The zero-order chi connectivity index (χ0) is 14.9. The van der Waals surface area contributed by atoms with E-state index in [-0.39, 0.29) is 11.8 Å². The van der Waals surface area contributed by atoms with E-state index in [0.29, 0.717) is 23.9 Å². The third-order valence-corrected chi connectivity index (χ3v) is 4.27. The number of aromatic nitrogens is 2. The molecule has 0 spiro atoms. The van der Waals surface area contributed by atoms with Gasteiger partial charge in [-0.05, 0) is 30.6 Å². The first kappa shape index (κ1) is 14.9. The number of hydrogen-bond donors (Lipinski definition) is 2. The van der Waals surface area contributed by atoms with Crippen LogP contribution in [0.15, 0.2) is 9.59 Å². The van der Waals surface area contributed by atoms with Gasteiger partial charge < -0.3 is 5.11 Å². The minimum Gasteiger partial charge on any atom is -0.494 e. The van der Waals surface area contributed by atoms with E-state index < -0.39 is 11.2 Å². The van der Waals surface area contributed by atoms with Gasteiger partial charge in [-0.1, -0.05) is 33.6 Å². The lowest BCUT2D eigenvalue weighted by Crippen LogP contribution is -2.35. The van der Waals surface area contributed by atoms with Crippen molar-refractivity contribution in [2.75, 3.05) is 0 Å². The van der Waals surface area contributed by atoms with Crippen LogP contribution in [0.1, 0.15) is 57.9 Å². The van der Waals surface area contributed by atoms with Crippen LogP contribution < -0.4 is 11.2 Å². The number of aromatic amines is 1. The maximum Gasteiger partial charge on any atom is 0.331 e. The van der Waals surface area contributed by atoms with Gasteiger partial charge in [-0.25, -0.2) is 4.79 Å². The maximum absolute atomic E-state index is 11.9. The average molecular weight is 280 g/mol. The average Bonchev–Trinajstić information content (AvgIpc) is 2.33. The predicted molar refractivity (Wildman–Crippen MR) is 78.2 cm³/mol. The quantitative estimate of drug-likeness (QED) is 0.891. The van der Waals surface area contributed by atoms with Crippen molar-refractivity contribution in [2.24, 2.45) is 11.8 Å². The standard InChI is InChI=1S/C15H24N2O3/c1-9(2)12-13(18)16-15(20)17(14(12)19)8-11-6-4-5-10(3)7-11/h9-11,19H,4-8H2,1-3H3,(H,16,18,20). The Morgan fingerprint density at radius 3 is 2.65 bits per heavy atom. The summed E-state index contributed by atoms with van der Waals surface area (Å²) in [6.45, 7) is 6.39. The molecule has 20 heavy (non-hydrogen) atoms. The first-order chi connectivity index (χ1) is 9.40. The molecule has 0 radical (unpaired) electrons. The lowest BCUT2D eigenvalue weighted by atomic mass is 9.82. The summed E-state index contributed by atoms with van der Waals surface area (Å²) in [6.07, 6.45) is 4.55. The number of nitrogens with zero attached hydrogens (tertiary/aromatic N) is 1. The van der Waals surface area contributed by atoms with Crippen molar-refractivity contribution in [3.63, 3.8) is 0 Å². The van der Waals surface area contributed by atoms with Gasteiger partial charge in [-0.2, -0.15) is 0 Å². The van der Waals surface area contributed by atoms with E-state index >= 15 is 0 Å². The Balaban J connectivity index is 2.34. The van der Waals surface area contributed by atoms with Crippen LogP contribution >= 0.6 is 0 Å². The van der Waals surface area contributed by atoms with Crippen LogP contribution in [-0.4, -0.2) is 14.7 Å². The zero-order valence-electron chi connectivity index (χ0n) is 12.5. The van der Waals surface area contributed by atoms with Gasteiger partial charge in [-0.15, -0.1) is 0 Å². The summed E-state index contributed by atoms with van der Waals surface area (Å²) in [5.74, 6) is 0.787. The molecule has 2 atom stereocenters. The van der Waals surface area contributed by atoms with E-state index in [2.05, 4.69) is 11.9 Å². The number of hydrogen-bond acceptors (Lipinski definition) is 3. The highest BCUT2D eigenvalue weighted by atomic mass is 16.3. The molecule has 0 aliphatic heterocycles. The Kier molecular flexibility index (Phi) is 4.35. The molecule has 2 rings (SSSR count). The smallest absolute Gasteiger partial charge is 0.331 e. The van der Waals surface area contributed by atoms with Crippen LogP contribution in [0.5, 0.6) is 5.88 Å². The molecule has 1 saturated carbocycles. The molecule has 5 heteroatoms. The SMILES string of the molecule is CC1CCCC(Cn2c(O)c(C(C)C)c(=O)[nH]c2=O)C1. The third kappa shape index (κ3) is 2.97. The van der Waals surface area contributed by atoms with Gasteiger partial charge in [0.1, 0.15) is 0 Å². The minimum atomic E-state index is -0.505. The zero-order valence-corrected chi connectivity index (χ0v) is 12.5. The molecule has 2 N–H and O–H groups in total. The van der Waals surface area contributed by atoms with Crippen molar-refractivity contribution in [2.45, 2.75) is 58.9 Å². The molecule has 1 heterocycles. The molecule has 0 amide bonds. The highest BCUT2D eigenvalue weighted by molar-refractivity contribution is 5.25. The van der Waals surface area contributed by atoms with Crippen molar-refractivity contribution >= 4 is 0 Å². The number of rotatable bonds is 3. The van der Waals surface area contributed by atoms with Crippen LogP contribution in [0.25, 0.3) is 0 Å². The van der Waals surface area contributed by atoms with Gasteiger partial charge in [0.05, 0.1) is 5.56 Å². The fourth-order valence-corrected chi connectivity index (χ4v) is 3.25. The van der Waals surface area contributed by atoms with E-state index in [1.807, 2.05) is 13.8 Å². The second-order valence-corrected chi connectivity index (χ2v) is 6.40. The molecular weight excluding hydrogens is 256 g/mol. The number of nitrogens with one attached hydrogen (secondary N) is 1. The van der Waals surface area contributed by atoms with Crippen molar-refractivity contribution in [3.05, 3.63) is 26.4 Å². The summed E-state index contributed by atoms with van der Waals surface area (Å²) in [6, 6.07) is 0. The molecule has 0 bridgehead atoms. The Bertz CT molecular complexity index is 586. The van der Waals surface area contributed by atoms with Crippen molar-refractivity contribution in [1.29, 1.82) is 0 Å². The lowest BCUT2D eigenvalue weighted by molar-refractivity contribution is 0.243. The Hall–Kier alpha value is -1.52. The van der Waals surface area contributed by atoms with Crippen molar-refractivity contribution in [3.8, 4) is 5.88 Å². The Labute approximate surface area is 118 Å². The predicted octanol–water partition coefficient (Wildman–Crippen LogP) is 2.19. The van der Waals surface area contributed by atoms with Gasteiger partial charge >= 0.3 is 5.69 Å². The van der Waals surface area contributed by atoms with Crippen LogP contribution in [0.3, 0.4) is 0 Å². The summed E-state index contributed by atoms with van der Waals surface area (Å²) in [5.41, 5.74) is -0.681. The molecule has 0 saturated heterocycles. The molecule has 1 aliphatic rings. The summed E-state index contributed by atoms with van der Waals surface area (Å²) in [5, 5.41) is 10.3. The molecular formula is C15H24N2O3. The van der Waals surface area contributed by atoms with Gasteiger partial charge in [0.15, 0.2) is 0 Å².